The van der Waals surface area contributed by atoms with Gasteiger partial charge >= 0.3 is 5.90 Å². The molecule has 1 aromatic carbocycles. The molecule has 176 valence electrons. The van der Waals surface area contributed by atoms with E-state index in [-0.39, 0.29) is 23.9 Å². The van der Waals surface area contributed by atoms with Crippen LogP contribution < -0.4 is 16.4 Å². The fourth-order valence-corrected chi connectivity index (χ4v) is 4.38. The van der Waals surface area contributed by atoms with Gasteiger partial charge in [0.15, 0.2) is 0 Å². The number of benzene rings is 1. The molecule has 3 rings (SSSR count). The van der Waals surface area contributed by atoms with Gasteiger partial charge in [-0.25, -0.2) is 9.37 Å². The Balaban J connectivity index is 1.83. The number of halogens is 1. The standard InChI is InChI=1S/C24H36FN5O2/c1-4-20(29-18-8-6-5-7-9-18)22(32-3)14-27-23-19(24(31)28-15(2)26)12-16-10-11-17(25)13-21(16)30-23/h10-13,15,18,20,22,29H,4-9,14,26H2,1-3H3,(H,27,30)(H,28,31)/p+1/t15?,20-,22+/m1/s1. The summed E-state index contributed by atoms with van der Waals surface area (Å²) in [6, 6.07) is 6.97. The summed E-state index contributed by atoms with van der Waals surface area (Å²) < 4.78 is 19.6. The van der Waals surface area contributed by atoms with Gasteiger partial charge in [-0.3, -0.25) is 0 Å². The number of rotatable bonds is 10. The van der Waals surface area contributed by atoms with Gasteiger partial charge in [0.1, 0.15) is 23.4 Å². The monoisotopic (exact) mass is 446 g/mol. The second-order valence-electron chi connectivity index (χ2n) is 8.61. The zero-order valence-electron chi connectivity index (χ0n) is 19.3. The Bertz CT molecular complexity index is 915. The van der Waals surface area contributed by atoms with Crippen LogP contribution in [0.2, 0.25) is 0 Å². The number of nitrogens with two attached hydrogens (primary N) is 1. The molecule has 1 heterocycles. The summed E-state index contributed by atoms with van der Waals surface area (Å²) in [7, 11) is 1.72. The van der Waals surface area contributed by atoms with Gasteiger partial charge < -0.3 is 26.2 Å². The second-order valence-corrected chi connectivity index (χ2v) is 8.61. The third-order valence-electron chi connectivity index (χ3n) is 6.08. The molecule has 0 aliphatic heterocycles. The fourth-order valence-electron chi connectivity index (χ4n) is 4.38. The van der Waals surface area contributed by atoms with E-state index in [0.29, 0.717) is 29.5 Å². The minimum absolute atomic E-state index is 0.0440. The SMILES string of the molecule is CC[C@@H](NC1CCCCC1)[C@H](CNc1nc2cc(F)ccc2cc1/C([OH2+])=N/C(C)N)OC. The van der Waals surface area contributed by atoms with Crippen LogP contribution in [0.3, 0.4) is 0 Å². The third kappa shape index (κ3) is 6.37. The number of ether oxygens (including phenoxy) is 1. The summed E-state index contributed by atoms with van der Waals surface area (Å²) in [4.78, 5) is 8.77. The van der Waals surface area contributed by atoms with Crippen molar-refractivity contribution in [1.82, 2.24) is 10.3 Å². The van der Waals surface area contributed by atoms with Crippen molar-refractivity contribution in [3.8, 4) is 0 Å². The molecule has 0 radical (unpaired) electrons. The van der Waals surface area contributed by atoms with Gasteiger partial charge in [0.05, 0.1) is 11.6 Å². The van der Waals surface area contributed by atoms with Crippen LogP contribution in [-0.4, -0.2) is 54.0 Å². The fraction of sp³-hybridized carbons (Fsp3) is 0.583. The van der Waals surface area contributed by atoms with E-state index in [1.165, 1.54) is 44.2 Å². The van der Waals surface area contributed by atoms with Crippen molar-refractivity contribution in [2.45, 2.75) is 76.7 Å². The quantitative estimate of drug-likeness (QED) is 0.295. The molecule has 0 saturated heterocycles. The molecule has 0 amide bonds. The molecule has 1 fully saturated rings. The Morgan fingerprint density at radius 3 is 2.72 bits per heavy atom. The molecule has 1 unspecified atom stereocenters. The van der Waals surface area contributed by atoms with Crippen LogP contribution in [0.25, 0.3) is 10.9 Å². The molecular formula is C24H37FN5O2+. The van der Waals surface area contributed by atoms with Crippen molar-refractivity contribution >= 4 is 22.6 Å². The van der Waals surface area contributed by atoms with Crippen molar-refractivity contribution in [1.29, 1.82) is 0 Å². The summed E-state index contributed by atoms with van der Waals surface area (Å²) in [5.41, 5.74) is 6.83. The number of hydrogen-bond donors (Lipinski definition) is 3. The van der Waals surface area contributed by atoms with E-state index < -0.39 is 6.17 Å². The molecule has 32 heavy (non-hydrogen) atoms. The van der Waals surface area contributed by atoms with Crippen LogP contribution in [-0.2, 0) is 4.74 Å². The largest absolute Gasteiger partial charge is 0.578 e. The van der Waals surface area contributed by atoms with Crippen molar-refractivity contribution in [3.05, 3.63) is 35.6 Å². The number of hydrogen-bond acceptors (Lipinski definition) is 6. The lowest BCUT2D eigenvalue weighted by Gasteiger charge is -2.32. The minimum atomic E-state index is -0.504. The first-order valence-corrected chi connectivity index (χ1v) is 11.6. The smallest absolute Gasteiger partial charge is 0.365 e. The van der Waals surface area contributed by atoms with Crippen molar-refractivity contribution in [2.75, 3.05) is 19.0 Å². The molecule has 8 heteroatoms. The molecule has 6 N–H and O–H groups in total. The first-order valence-electron chi connectivity index (χ1n) is 11.6. The van der Waals surface area contributed by atoms with Crippen LogP contribution in [0, 0.1) is 5.82 Å². The topological polar surface area (TPSA) is 107 Å². The van der Waals surface area contributed by atoms with Gasteiger partial charge in [0, 0.05) is 37.2 Å². The molecule has 1 aliphatic rings. The van der Waals surface area contributed by atoms with Gasteiger partial charge in [0.2, 0.25) is 0 Å². The molecule has 3 atom stereocenters. The molecule has 7 nitrogen and oxygen atoms in total. The van der Waals surface area contributed by atoms with Crippen molar-refractivity contribution in [3.63, 3.8) is 0 Å². The van der Waals surface area contributed by atoms with Gasteiger partial charge in [-0.2, -0.15) is 4.99 Å². The predicted octanol–water partition coefficient (Wildman–Crippen LogP) is 3.28. The van der Waals surface area contributed by atoms with E-state index in [4.69, 9.17) is 15.6 Å². The average molecular weight is 447 g/mol. The lowest BCUT2D eigenvalue weighted by Crippen LogP contribution is -2.49. The highest BCUT2D eigenvalue weighted by molar-refractivity contribution is 6.01. The summed E-state index contributed by atoms with van der Waals surface area (Å²) in [5.74, 6) is 0.172. The number of fused-ring (bicyclic) bond motifs is 1. The highest BCUT2D eigenvalue weighted by atomic mass is 19.1. The van der Waals surface area contributed by atoms with E-state index in [1.807, 2.05) is 0 Å². The maximum Gasteiger partial charge on any atom is 0.365 e. The zero-order valence-corrected chi connectivity index (χ0v) is 19.3. The van der Waals surface area contributed by atoms with Gasteiger partial charge in [-0.05, 0) is 44.4 Å². The number of nitrogens with zero attached hydrogens (tertiary/aromatic N) is 2. The molecule has 1 aromatic heterocycles. The van der Waals surface area contributed by atoms with Gasteiger partial charge in [-0.1, -0.05) is 26.2 Å². The first kappa shape index (κ1) is 24.4. The Morgan fingerprint density at radius 1 is 1.31 bits per heavy atom. The minimum Gasteiger partial charge on any atom is -0.578 e. The number of pyridine rings is 1. The molecule has 1 saturated carbocycles. The van der Waals surface area contributed by atoms with Crippen LogP contribution in [0.1, 0.15) is 57.9 Å². The number of aliphatic imine (C=N–C) groups is 1. The molecule has 1 aliphatic carbocycles. The van der Waals surface area contributed by atoms with E-state index in [2.05, 4.69) is 27.5 Å². The molecule has 0 bridgehead atoms. The Morgan fingerprint density at radius 2 is 2.06 bits per heavy atom. The molecule has 2 aromatic rings. The van der Waals surface area contributed by atoms with Gasteiger partial charge in [0.25, 0.3) is 0 Å². The average Bonchev–Trinajstić information content (AvgIpc) is 2.78. The second kappa shape index (κ2) is 11.5. The van der Waals surface area contributed by atoms with Crippen LogP contribution in [0.4, 0.5) is 10.2 Å². The Labute approximate surface area is 189 Å². The normalized spacial score (nSPS) is 18.5. The van der Waals surface area contributed by atoms with Crippen molar-refractivity contribution in [2.24, 2.45) is 10.7 Å². The molecular weight excluding hydrogens is 409 g/mol. The van der Waals surface area contributed by atoms with Crippen LogP contribution in [0.5, 0.6) is 0 Å². The van der Waals surface area contributed by atoms with E-state index in [0.717, 1.165) is 11.8 Å². The maximum atomic E-state index is 13.8. The van der Waals surface area contributed by atoms with E-state index in [9.17, 15) is 4.39 Å². The van der Waals surface area contributed by atoms with Crippen LogP contribution in [0.15, 0.2) is 29.3 Å². The first-order chi connectivity index (χ1) is 15.4. The number of nitrogens with one attached hydrogen (secondary N) is 2. The maximum absolute atomic E-state index is 13.8. The van der Waals surface area contributed by atoms with Crippen molar-refractivity contribution < 1.29 is 14.2 Å². The van der Waals surface area contributed by atoms with E-state index >= 15 is 0 Å². The Hall–Kier alpha value is -2.29. The molecule has 0 spiro atoms. The van der Waals surface area contributed by atoms with Crippen LogP contribution >= 0.6 is 0 Å². The Kier molecular flexibility index (Phi) is 8.78. The van der Waals surface area contributed by atoms with Gasteiger partial charge in [-0.15, -0.1) is 0 Å². The summed E-state index contributed by atoms with van der Waals surface area (Å²) in [6.45, 7) is 4.38. The summed E-state index contributed by atoms with van der Waals surface area (Å²) in [5, 5.41) is 16.3. The number of aromatic nitrogens is 1. The summed E-state index contributed by atoms with van der Waals surface area (Å²) >= 11 is 0. The zero-order chi connectivity index (χ0) is 23.1. The lowest BCUT2D eigenvalue weighted by molar-refractivity contribution is 0.0699. The number of anilines is 1. The summed E-state index contributed by atoms with van der Waals surface area (Å²) in [6.07, 6.45) is 6.63. The predicted molar refractivity (Wildman–Crippen MR) is 129 cm³/mol. The highest BCUT2D eigenvalue weighted by Gasteiger charge is 2.25. The lowest BCUT2D eigenvalue weighted by atomic mass is 9.94. The third-order valence-corrected chi connectivity index (χ3v) is 6.08. The highest BCUT2D eigenvalue weighted by Crippen LogP contribution is 2.23. The number of methoxy groups -OCH3 is 1. The van der Waals surface area contributed by atoms with E-state index in [1.54, 1.807) is 26.2 Å².